The Kier molecular flexibility index (Phi) is 3.25. The van der Waals surface area contributed by atoms with Crippen LogP contribution in [0.5, 0.6) is 0 Å². The lowest BCUT2D eigenvalue weighted by Gasteiger charge is -2.05. The molecular formula is C15H16N4. The lowest BCUT2D eigenvalue weighted by molar-refractivity contribution is 0.781. The Morgan fingerprint density at radius 1 is 1.11 bits per heavy atom. The fourth-order valence-corrected chi connectivity index (χ4v) is 2.17. The summed E-state index contributed by atoms with van der Waals surface area (Å²) in [6.07, 6.45) is 3.79. The van der Waals surface area contributed by atoms with Gasteiger partial charge in [0.2, 0.25) is 0 Å². The predicted molar refractivity (Wildman–Crippen MR) is 75.8 cm³/mol. The number of hydrogen-bond donors (Lipinski definition) is 1. The Morgan fingerprint density at radius 3 is 2.79 bits per heavy atom. The molecule has 1 N–H and O–H groups in total. The Balaban J connectivity index is 1.84. The first-order valence-electron chi connectivity index (χ1n) is 6.35. The normalized spacial score (nSPS) is 11.0. The maximum Gasteiger partial charge on any atom is 0.0962 e. The first kappa shape index (κ1) is 11.9. The molecule has 0 radical (unpaired) electrons. The van der Waals surface area contributed by atoms with Gasteiger partial charge < -0.3 is 9.88 Å². The van der Waals surface area contributed by atoms with Gasteiger partial charge in [-0.3, -0.25) is 4.98 Å². The van der Waals surface area contributed by atoms with E-state index in [9.17, 15) is 0 Å². The van der Waals surface area contributed by atoms with Crippen molar-refractivity contribution in [2.75, 3.05) is 7.05 Å². The number of pyridine rings is 1. The summed E-state index contributed by atoms with van der Waals surface area (Å²) in [7, 11) is 1.94. The second-order valence-corrected chi connectivity index (χ2v) is 4.55. The second kappa shape index (κ2) is 5.20. The number of imidazole rings is 1. The van der Waals surface area contributed by atoms with Crippen LogP contribution in [0, 0.1) is 0 Å². The topological polar surface area (TPSA) is 42.7 Å². The van der Waals surface area contributed by atoms with E-state index in [1.165, 1.54) is 5.56 Å². The van der Waals surface area contributed by atoms with E-state index in [4.69, 9.17) is 0 Å². The van der Waals surface area contributed by atoms with Crippen molar-refractivity contribution in [3.8, 4) is 0 Å². The van der Waals surface area contributed by atoms with E-state index < -0.39 is 0 Å². The molecule has 2 heterocycles. The summed E-state index contributed by atoms with van der Waals surface area (Å²) in [4.78, 5) is 8.88. The quantitative estimate of drug-likeness (QED) is 0.774. The summed E-state index contributed by atoms with van der Waals surface area (Å²) in [5.74, 6) is 0. The molecule has 4 heteroatoms. The van der Waals surface area contributed by atoms with Crippen molar-refractivity contribution in [2.24, 2.45) is 0 Å². The highest BCUT2D eigenvalue weighted by molar-refractivity contribution is 5.74. The number of aromatic nitrogens is 3. The second-order valence-electron chi connectivity index (χ2n) is 4.55. The Labute approximate surface area is 112 Å². The maximum absolute atomic E-state index is 4.49. The maximum atomic E-state index is 4.49. The molecule has 19 heavy (non-hydrogen) atoms. The summed E-state index contributed by atoms with van der Waals surface area (Å²) < 4.78 is 2.12. The third kappa shape index (κ3) is 2.48. The number of nitrogens with zero attached hydrogens (tertiary/aromatic N) is 3. The van der Waals surface area contributed by atoms with E-state index in [0.29, 0.717) is 0 Å². The number of benzene rings is 1. The van der Waals surface area contributed by atoms with E-state index in [1.54, 1.807) is 0 Å². The Bertz CT molecular complexity index is 670. The van der Waals surface area contributed by atoms with Crippen molar-refractivity contribution in [3.63, 3.8) is 0 Å². The molecule has 0 atom stereocenters. The van der Waals surface area contributed by atoms with Crippen LogP contribution in [0.3, 0.4) is 0 Å². The summed E-state index contributed by atoms with van der Waals surface area (Å²) in [5.41, 5.74) is 4.41. The van der Waals surface area contributed by atoms with Gasteiger partial charge in [0, 0.05) is 12.7 Å². The van der Waals surface area contributed by atoms with Crippen molar-refractivity contribution in [3.05, 3.63) is 60.2 Å². The van der Waals surface area contributed by atoms with Crippen LogP contribution in [0.2, 0.25) is 0 Å². The molecule has 0 aliphatic rings. The number of hydrogen-bond acceptors (Lipinski definition) is 3. The zero-order valence-electron chi connectivity index (χ0n) is 10.9. The highest BCUT2D eigenvalue weighted by Gasteiger charge is 2.03. The molecule has 1 aromatic carbocycles. The average Bonchev–Trinajstić information content (AvgIpc) is 2.85. The van der Waals surface area contributed by atoms with Crippen LogP contribution in [0.25, 0.3) is 11.0 Å². The van der Waals surface area contributed by atoms with E-state index in [-0.39, 0.29) is 0 Å². The minimum absolute atomic E-state index is 0.750. The molecule has 4 nitrogen and oxygen atoms in total. The highest BCUT2D eigenvalue weighted by atomic mass is 15.0. The smallest absolute Gasteiger partial charge is 0.0962 e. The van der Waals surface area contributed by atoms with Gasteiger partial charge in [0.15, 0.2) is 0 Å². The first-order chi connectivity index (χ1) is 9.36. The van der Waals surface area contributed by atoms with Gasteiger partial charge in [0.1, 0.15) is 0 Å². The molecule has 0 bridgehead atoms. The number of nitrogens with one attached hydrogen (secondary N) is 1. The van der Waals surface area contributed by atoms with Gasteiger partial charge in [-0.05, 0) is 30.8 Å². The average molecular weight is 252 g/mol. The van der Waals surface area contributed by atoms with Gasteiger partial charge in [-0.15, -0.1) is 0 Å². The molecule has 0 unspecified atom stereocenters. The minimum atomic E-state index is 0.750. The van der Waals surface area contributed by atoms with E-state index in [2.05, 4.69) is 38.1 Å². The SMILES string of the molecule is CNCc1ccc(Cn2cnc3ccccc32)nc1. The van der Waals surface area contributed by atoms with E-state index in [1.807, 2.05) is 37.8 Å². The molecule has 3 aromatic rings. The summed E-state index contributed by atoms with van der Waals surface area (Å²) >= 11 is 0. The Hall–Kier alpha value is -2.20. The number of fused-ring (bicyclic) bond motifs is 1. The van der Waals surface area contributed by atoms with E-state index in [0.717, 1.165) is 29.8 Å². The lowest BCUT2D eigenvalue weighted by Crippen LogP contribution is -2.06. The molecular weight excluding hydrogens is 236 g/mol. The monoisotopic (exact) mass is 252 g/mol. The van der Waals surface area contributed by atoms with Crippen molar-refractivity contribution in [1.29, 1.82) is 0 Å². The van der Waals surface area contributed by atoms with Crippen molar-refractivity contribution in [1.82, 2.24) is 19.9 Å². The summed E-state index contributed by atoms with van der Waals surface area (Å²) in [6.45, 7) is 1.60. The molecule has 0 spiro atoms. The van der Waals surface area contributed by atoms with Gasteiger partial charge in [-0.25, -0.2) is 4.98 Å². The van der Waals surface area contributed by atoms with E-state index >= 15 is 0 Å². The molecule has 2 aromatic heterocycles. The molecule has 0 saturated carbocycles. The Morgan fingerprint density at radius 2 is 2.00 bits per heavy atom. The largest absolute Gasteiger partial charge is 0.324 e. The van der Waals surface area contributed by atoms with Crippen LogP contribution in [0.15, 0.2) is 48.9 Å². The third-order valence-electron chi connectivity index (χ3n) is 3.13. The lowest BCUT2D eigenvalue weighted by atomic mass is 10.2. The van der Waals surface area contributed by atoms with Crippen LogP contribution in [0.1, 0.15) is 11.3 Å². The van der Waals surface area contributed by atoms with Gasteiger partial charge in [0.05, 0.1) is 29.6 Å². The fourth-order valence-electron chi connectivity index (χ4n) is 2.17. The third-order valence-corrected chi connectivity index (χ3v) is 3.13. The van der Waals surface area contributed by atoms with Crippen LogP contribution >= 0.6 is 0 Å². The van der Waals surface area contributed by atoms with Gasteiger partial charge in [-0.1, -0.05) is 18.2 Å². The van der Waals surface area contributed by atoms with Crippen molar-refractivity contribution >= 4 is 11.0 Å². The van der Waals surface area contributed by atoms with Crippen LogP contribution < -0.4 is 5.32 Å². The standard InChI is InChI=1S/C15H16N4/c1-16-8-12-6-7-13(17-9-12)10-19-11-18-14-4-2-3-5-15(14)19/h2-7,9,11,16H,8,10H2,1H3. The molecule has 0 aliphatic heterocycles. The number of para-hydroxylation sites is 2. The molecule has 0 amide bonds. The molecule has 0 aliphatic carbocycles. The molecule has 0 saturated heterocycles. The van der Waals surface area contributed by atoms with Crippen molar-refractivity contribution < 1.29 is 0 Å². The zero-order valence-corrected chi connectivity index (χ0v) is 10.9. The molecule has 3 rings (SSSR count). The van der Waals surface area contributed by atoms with Crippen LogP contribution in [-0.2, 0) is 13.1 Å². The fraction of sp³-hybridized carbons (Fsp3) is 0.200. The van der Waals surface area contributed by atoms with Gasteiger partial charge in [0.25, 0.3) is 0 Å². The number of rotatable bonds is 4. The molecule has 96 valence electrons. The zero-order chi connectivity index (χ0) is 13.1. The van der Waals surface area contributed by atoms with Gasteiger partial charge >= 0.3 is 0 Å². The minimum Gasteiger partial charge on any atom is -0.324 e. The van der Waals surface area contributed by atoms with Crippen LogP contribution in [0.4, 0.5) is 0 Å². The first-order valence-corrected chi connectivity index (χ1v) is 6.35. The van der Waals surface area contributed by atoms with Gasteiger partial charge in [-0.2, -0.15) is 0 Å². The highest BCUT2D eigenvalue weighted by Crippen LogP contribution is 2.13. The summed E-state index contributed by atoms with van der Waals surface area (Å²) in [6, 6.07) is 12.3. The molecule has 0 fully saturated rings. The van der Waals surface area contributed by atoms with Crippen molar-refractivity contribution in [2.45, 2.75) is 13.1 Å². The van der Waals surface area contributed by atoms with Crippen LogP contribution in [-0.4, -0.2) is 21.6 Å². The summed E-state index contributed by atoms with van der Waals surface area (Å²) in [5, 5.41) is 3.12. The predicted octanol–water partition coefficient (Wildman–Crippen LogP) is 2.20.